The van der Waals surface area contributed by atoms with Gasteiger partial charge in [0.2, 0.25) is 5.91 Å². The van der Waals surface area contributed by atoms with E-state index in [9.17, 15) is 45.6 Å². The maximum Gasteiger partial charge on any atom is 0.220 e. The van der Waals surface area contributed by atoms with Gasteiger partial charge in [-0.15, -0.1) is 0 Å². The number of hydrogen-bond donors (Lipinski definition) is 9. The van der Waals surface area contributed by atoms with Gasteiger partial charge in [0.15, 0.2) is 12.6 Å². The van der Waals surface area contributed by atoms with Crippen molar-refractivity contribution >= 4 is 5.91 Å². The Labute approximate surface area is 480 Å². The predicted molar refractivity (Wildman–Crippen MR) is 318 cm³/mol. The highest BCUT2D eigenvalue weighted by Gasteiger charge is 2.51. The maximum absolute atomic E-state index is 13.2. The van der Waals surface area contributed by atoms with Crippen LogP contribution in [0.2, 0.25) is 0 Å². The normalized spacial score (nSPS) is 24.7. The van der Waals surface area contributed by atoms with Crippen molar-refractivity contribution in [3.8, 4) is 0 Å². The minimum absolute atomic E-state index is 0.239. The van der Waals surface area contributed by atoms with Gasteiger partial charge in [0.1, 0.15) is 48.8 Å². The van der Waals surface area contributed by atoms with Gasteiger partial charge >= 0.3 is 0 Å². The van der Waals surface area contributed by atoms with Crippen molar-refractivity contribution < 1.29 is 64.6 Å². The molecule has 12 unspecified atom stereocenters. The van der Waals surface area contributed by atoms with E-state index in [2.05, 4.69) is 55.6 Å². The first-order valence-electron chi connectivity index (χ1n) is 32.4. The lowest BCUT2D eigenvalue weighted by Crippen LogP contribution is -2.65. The Balaban J connectivity index is 1.58. The topological polar surface area (TPSA) is 228 Å². The van der Waals surface area contributed by atoms with Crippen molar-refractivity contribution in [3.05, 3.63) is 48.6 Å². The second kappa shape index (κ2) is 50.5. The summed E-state index contributed by atoms with van der Waals surface area (Å²) in [6.07, 6.45) is 47.7. The molecule has 9 N–H and O–H groups in total. The zero-order valence-electron chi connectivity index (χ0n) is 49.9. The Morgan fingerprint density at radius 3 is 1.28 bits per heavy atom. The average Bonchev–Trinajstić information content (AvgIpc) is 3.47. The van der Waals surface area contributed by atoms with Gasteiger partial charge in [-0.3, -0.25) is 4.79 Å². The Morgan fingerprint density at radius 2 is 0.835 bits per heavy atom. The number of nitrogens with one attached hydrogen (secondary N) is 1. The number of hydrogen-bond acceptors (Lipinski definition) is 13. The molecular formula is C65H119NO13. The van der Waals surface area contributed by atoms with E-state index in [4.69, 9.17) is 18.9 Å². The van der Waals surface area contributed by atoms with E-state index in [1.165, 1.54) is 186 Å². The van der Waals surface area contributed by atoms with E-state index in [-0.39, 0.29) is 18.9 Å². The molecular weight excluding hydrogens is 1000 g/mol. The fourth-order valence-corrected chi connectivity index (χ4v) is 10.5. The van der Waals surface area contributed by atoms with Crippen LogP contribution in [0, 0.1) is 0 Å². The quantitative estimate of drug-likeness (QED) is 0.0204. The summed E-state index contributed by atoms with van der Waals surface area (Å²) < 4.78 is 22.7. The van der Waals surface area contributed by atoms with Gasteiger partial charge in [0.25, 0.3) is 0 Å². The molecule has 2 saturated heterocycles. The third kappa shape index (κ3) is 35.6. The number of carbonyl (C=O) groups is 1. The maximum atomic E-state index is 13.2. The third-order valence-corrected chi connectivity index (χ3v) is 15.8. The number of rotatable bonds is 52. The van der Waals surface area contributed by atoms with Crippen LogP contribution in [0.4, 0.5) is 0 Å². The number of aliphatic hydroxyl groups excluding tert-OH is 8. The molecule has 0 saturated carbocycles. The van der Waals surface area contributed by atoms with Gasteiger partial charge in [-0.2, -0.15) is 0 Å². The Hall–Kier alpha value is -2.05. The van der Waals surface area contributed by atoms with Crippen LogP contribution in [0.1, 0.15) is 264 Å². The summed E-state index contributed by atoms with van der Waals surface area (Å²) in [4.78, 5) is 13.2. The van der Waals surface area contributed by atoms with E-state index in [1.54, 1.807) is 6.08 Å². The molecule has 0 bridgehead atoms. The van der Waals surface area contributed by atoms with Crippen LogP contribution < -0.4 is 5.32 Å². The SMILES string of the molecule is CCCCCCC/C=C\C/C=C\C/C=C\CCCCCCCCCCCCCCCCCCCCCCC(=O)NC(COC1OC(CO)C(OC2OC(CO)C(O)C(O)C2O)C(O)C1O)C(O)/C=C/CCCCCCCCCC. The molecule has 2 aliphatic rings. The molecule has 0 spiro atoms. The van der Waals surface area contributed by atoms with Gasteiger partial charge in [-0.25, -0.2) is 0 Å². The molecule has 14 heteroatoms. The summed E-state index contributed by atoms with van der Waals surface area (Å²) in [6, 6.07) is -0.912. The summed E-state index contributed by atoms with van der Waals surface area (Å²) >= 11 is 0. The first-order chi connectivity index (χ1) is 38.6. The van der Waals surface area contributed by atoms with Crippen LogP contribution in [0.5, 0.6) is 0 Å². The standard InChI is InChI=1S/C65H119NO13/c1-3-5-7-9-11-13-15-16-17-18-19-20-21-22-23-24-25-26-27-28-29-30-31-32-33-34-35-36-37-38-39-41-43-45-47-49-57(70)66-53(54(69)48-46-44-42-40-14-12-10-8-6-4-2)52-76-64-62(75)60(73)63(56(51-68)78-64)79-65-61(74)59(72)58(71)55(50-67)77-65/h15-16,18-19,21-22,46,48,53-56,58-65,67-69,71-75H,3-14,17,20,23-45,47,49-52H2,1-2H3,(H,66,70)/b16-15-,19-18-,22-21-,48-46+. The number of allylic oxidation sites excluding steroid dienone is 7. The first-order valence-corrected chi connectivity index (χ1v) is 32.4. The van der Waals surface area contributed by atoms with Crippen LogP contribution in [0.25, 0.3) is 0 Å². The molecule has 2 heterocycles. The fraction of sp³-hybridized carbons (Fsp3) is 0.862. The van der Waals surface area contributed by atoms with Gasteiger partial charge < -0.3 is 65.1 Å². The van der Waals surface area contributed by atoms with E-state index in [0.29, 0.717) is 6.42 Å². The average molecular weight is 1120 g/mol. The zero-order valence-corrected chi connectivity index (χ0v) is 49.9. The van der Waals surface area contributed by atoms with Crippen molar-refractivity contribution in [2.45, 2.75) is 338 Å². The minimum Gasteiger partial charge on any atom is -0.394 e. The Morgan fingerprint density at radius 1 is 0.456 bits per heavy atom. The van der Waals surface area contributed by atoms with Crippen molar-refractivity contribution in [2.75, 3.05) is 19.8 Å². The van der Waals surface area contributed by atoms with Crippen LogP contribution in [-0.4, -0.2) is 140 Å². The van der Waals surface area contributed by atoms with E-state index in [0.717, 1.165) is 51.4 Å². The molecule has 0 radical (unpaired) electrons. The lowest BCUT2D eigenvalue weighted by Gasteiger charge is -2.46. The van der Waals surface area contributed by atoms with E-state index in [1.807, 2.05) is 6.08 Å². The summed E-state index contributed by atoms with van der Waals surface area (Å²) in [7, 11) is 0. The summed E-state index contributed by atoms with van der Waals surface area (Å²) in [6.45, 7) is 2.77. The fourth-order valence-electron chi connectivity index (χ4n) is 10.5. The molecule has 12 atom stereocenters. The highest BCUT2D eigenvalue weighted by Crippen LogP contribution is 2.30. The second-order valence-electron chi connectivity index (χ2n) is 22.9. The summed E-state index contributed by atoms with van der Waals surface area (Å²) in [5.41, 5.74) is 0. The van der Waals surface area contributed by atoms with Gasteiger partial charge in [-0.1, -0.05) is 249 Å². The Kier molecular flexibility index (Phi) is 46.7. The van der Waals surface area contributed by atoms with E-state index >= 15 is 0 Å². The number of carbonyl (C=O) groups excluding carboxylic acids is 1. The largest absolute Gasteiger partial charge is 0.394 e. The molecule has 14 nitrogen and oxygen atoms in total. The minimum atomic E-state index is -1.79. The summed E-state index contributed by atoms with van der Waals surface area (Å²) in [5, 5.41) is 86.9. The third-order valence-electron chi connectivity index (χ3n) is 15.8. The number of ether oxygens (including phenoxy) is 4. The highest BCUT2D eigenvalue weighted by atomic mass is 16.7. The van der Waals surface area contributed by atoms with Crippen LogP contribution in [-0.2, 0) is 23.7 Å². The molecule has 0 aromatic heterocycles. The molecule has 0 aliphatic carbocycles. The number of unbranched alkanes of at least 4 members (excludes halogenated alkanes) is 33. The second-order valence-corrected chi connectivity index (χ2v) is 22.9. The zero-order chi connectivity index (χ0) is 57.4. The van der Waals surface area contributed by atoms with Crippen molar-refractivity contribution in [1.29, 1.82) is 0 Å². The van der Waals surface area contributed by atoms with Crippen LogP contribution in [0.15, 0.2) is 48.6 Å². The predicted octanol–water partition coefficient (Wildman–Crippen LogP) is 12.0. The van der Waals surface area contributed by atoms with Gasteiger partial charge in [0, 0.05) is 6.42 Å². The molecule has 2 fully saturated rings. The van der Waals surface area contributed by atoms with Crippen molar-refractivity contribution in [1.82, 2.24) is 5.32 Å². The van der Waals surface area contributed by atoms with Gasteiger partial charge in [-0.05, 0) is 57.8 Å². The molecule has 0 aromatic rings. The van der Waals surface area contributed by atoms with Crippen molar-refractivity contribution in [3.63, 3.8) is 0 Å². The molecule has 2 rings (SSSR count). The van der Waals surface area contributed by atoms with Crippen molar-refractivity contribution in [2.24, 2.45) is 0 Å². The molecule has 462 valence electrons. The van der Waals surface area contributed by atoms with E-state index < -0.39 is 86.8 Å². The number of aliphatic hydroxyl groups is 8. The molecule has 1 amide bonds. The number of amides is 1. The lowest BCUT2D eigenvalue weighted by atomic mass is 9.97. The Bertz CT molecular complexity index is 1510. The van der Waals surface area contributed by atoms with Crippen LogP contribution in [0.3, 0.4) is 0 Å². The highest BCUT2D eigenvalue weighted by molar-refractivity contribution is 5.76. The van der Waals surface area contributed by atoms with Gasteiger partial charge in [0.05, 0.1) is 32.0 Å². The summed E-state index contributed by atoms with van der Waals surface area (Å²) in [5.74, 6) is -0.239. The molecule has 79 heavy (non-hydrogen) atoms. The smallest absolute Gasteiger partial charge is 0.220 e. The first kappa shape index (κ1) is 73.1. The molecule has 0 aromatic carbocycles. The monoisotopic (exact) mass is 1120 g/mol. The lowest BCUT2D eigenvalue weighted by molar-refractivity contribution is -0.359. The van der Waals surface area contributed by atoms with Crippen LogP contribution >= 0.6 is 0 Å². The molecule has 2 aliphatic heterocycles.